The van der Waals surface area contributed by atoms with Gasteiger partial charge in [0.2, 0.25) is 5.91 Å². The van der Waals surface area contributed by atoms with Crippen LogP contribution in [0.1, 0.15) is 28.8 Å². The maximum absolute atomic E-state index is 12.6. The second-order valence-electron chi connectivity index (χ2n) is 6.37. The van der Waals surface area contributed by atoms with E-state index in [1.54, 1.807) is 31.4 Å². The predicted octanol–water partition coefficient (Wildman–Crippen LogP) is 2.40. The largest absolute Gasteiger partial charge is 0.497 e. The fraction of sp³-hybridized carbons (Fsp3) is 0.300. The molecule has 1 atom stereocenters. The molecule has 2 aromatic rings. The zero-order valence-corrected chi connectivity index (χ0v) is 14.8. The number of nitrogens with two attached hydrogens (primary N) is 1. The Morgan fingerprint density at radius 3 is 2.81 bits per heavy atom. The average molecular weight is 353 g/mol. The summed E-state index contributed by atoms with van der Waals surface area (Å²) in [4.78, 5) is 26.3. The van der Waals surface area contributed by atoms with Crippen molar-refractivity contribution in [1.82, 2.24) is 4.90 Å². The number of amides is 2. The van der Waals surface area contributed by atoms with Gasteiger partial charge in [0.15, 0.2) is 0 Å². The van der Waals surface area contributed by atoms with Gasteiger partial charge in [-0.25, -0.2) is 0 Å². The summed E-state index contributed by atoms with van der Waals surface area (Å²) in [7, 11) is 1.57. The van der Waals surface area contributed by atoms with E-state index < -0.39 is 0 Å². The number of nitrogens with one attached hydrogen (secondary N) is 1. The fourth-order valence-electron chi connectivity index (χ4n) is 3.30. The molecule has 1 fully saturated rings. The molecule has 1 aliphatic heterocycles. The first-order valence-electron chi connectivity index (χ1n) is 8.65. The van der Waals surface area contributed by atoms with Gasteiger partial charge in [0.25, 0.3) is 5.91 Å². The zero-order chi connectivity index (χ0) is 18.5. The van der Waals surface area contributed by atoms with E-state index in [1.807, 2.05) is 24.3 Å². The minimum Gasteiger partial charge on any atom is -0.497 e. The molecule has 136 valence electrons. The predicted molar refractivity (Wildman–Crippen MR) is 100 cm³/mol. The first kappa shape index (κ1) is 17.9. The molecule has 0 spiro atoms. The monoisotopic (exact) mass is 353 g/mol. The number of benzene rings is 2. The summed E-state index contributed by atoms with van der Waals surface area (Å²) >= 11 is 0. The Morgan fingerprint density at radius 1 is 1.23 bits per heavy atom. The van der Waals surface area contributed by atoms with Crippen molar-refractivity contribution in [3.63, 3.8) is 0 Å². The lowest BCUT2D eigenvalue weighted by Gasteiger charge is -2.23. The van der Waals surface area contributed by atoms with E-state index in [9.17, 15) is 9.59 Å². The lowest BCUT2D eigenvalue weighted by molar-refractivity contribution is -0.122. The van der Waals surface area contributed by atoms with E-state index in [0.29, 0.717) is 17.9 Å². The summed E-state index contributed by atoms with van der Waals surface area (Å²) < 4.78 is 5.17. The number of hydrogen-bond donors (Lipinski definition) is 2. The molecule has 3 rings (SSSR count). The van der Waals surface area contributed by atoms with E-state index in [2.05, 4.69) is 10.2 Å². The highest BCUT2D eigenvalue weighted by Crippen LogP contribution is 2.24. The highest BCUT2D eigenvalue weighted by atomic mass is 16.5. The van der Waals surface area contributed by atoms with Crippen LogP contribution in [0.2, 0.25) is 0 Å². The van der Waals surface area contributed by atoms with Gasteiger partial charge in [0, 0.05) is 17.8 Å². The molecule has 0 aromatic heterocycles. The third-order valence-electron chi connectivity index (χ3n) is 4.66. The van der Waals surface area contributed by atoms with Crippen molar-refractivity contribution in [1.29, 1.82) is 0 Å². The standard InChI is InChI=1S/C20H23N3O3/c1-26-16-8-4-7-14(12-16)20(25)22-17-9-3-2-6-15(17)13-23-11-5-10-18(23)19(21)24/h2-4,6-9,12,18H,5,10-11,13H2,1H3,(H2,21,24)(H,22,25). The molecular weight excluding hydrogens is 330 g/mol. The highest BCUT2D eigenvalue weighted by Gasteiger charge is 2.29. The number of nitrogens with zero attached hydrogens (tertiary/aromatic N) is 1. The van der Waals surface area contributed by atoms with Crippen LogP contribution in [-0.4, -0.2) is 36.4 Å². The van der Waals surface area contributed by atoms with Crippen LogP contribution in [0.15, 0.2) is 48.5 Å². The molecule has 1 heterocycles. The van der Waals surface area contributed by atoms with Crippen molar-refractivity contribution in [2.45, 2.75) is 25.4 Å². The molecular formula is C20H23N3O3. The summed E-state index contributed by atoms with van der Waals surface area (Å²) in [5.74, 6) is 0.136. The van der Waals surface area contributed by atoms with E-state index in [-0.39, 0.29) is 17.9 Å². The van der Waals surface area contributed by atoms with E-state index in [4.69, 9.17) is 10.5 Å². The summed E-state index contributed by atoms with van der Waals surface area (Å²) in [5.41, 5.74) is 7.71. The molecule has 26 heavy (non-hydrogen) atoms. The number of rotatable bonds is 6. The van der Waals surface area contributed by atoms with Gasteiger partial charge >= 0.3 is 0 Å². The van der Waals surface area contributed by atoms with Crippen LogP contribution in [0, 0.1) is 0 Å². The van der Waals surface area contributed by atoms with Crippen LogP contribution in [0.5, 0.6) is 5.75 Å². The van der Waals surface area contributed by atoms with Crippen LogP contribution >= 0.6 is 0 Å². The van der Waals surface area contributed by atoms with E-state index in [0.717, 1.165) is 30.6 Å². The fourth-order valence-corrected chi connectivity index (χ4v) is 3.30. The second kappa shape index (κ2) is 8.01. The summed E-state index contributed by atoms with van der Waals surface area (Å²) in [6.07, 6.45) is 1.74. The van der Waals surface area contributed by atoms with Gasteiger partial charge in [-0.15, -0.1) is 0 Å². The number of ether oxygens (including phenoxy) is 1. The first-order chi connectivity index (χ1) is 12.6. The zero-order valence-electron chi connectivity index (χ0n) is 14.8. The van der Waals surface area contributed by atoms with Crippen molar-refractivity contribution in [2.24, 2.45) is 5.73 Å². The maximum Gasteiger partial charge on any atom is 0.255 e. The molecule has 1 saturated heterocycles. The number of carbonyl (C=O) groups excluding carboxylic acids is 2. The number of hydrogen-bond acceptors (Lipinski definition) is 4. The Balaban J connectivity index is 1.76. The Labute approximate surface area is 152 Å². The molecule has 2 amide bonds. The number of methoxy groups -OCH3 is 1. The SMILES string of the molecule is COc1cccc(C(=O)Nc2ccccc2CN2CCCC2C(N)=O)c1. The first-order valence-corrected chi connectivity index (χ1v) is 8.65. The van der Waals surface area contributed by atoms with Gasteiger partial charge in [0.05, 0.1) is 13.2 Å². The highest BCUT2D eigenvalue weighted by molar-refractivity contribution is 6.04. The topological polar surface area (TPSA) is 84.7 Å². The number of likely N-dealkylation sites (tertiary alicyclic amines) is 1. The van der Waals surface area contributed by atoms with Crippen molar-refractivity contribution in [2.75, 3.05) is 19.0 Å². The van der Waals surface area contributed by atoms with Gasteiger partial charge in [0.1, 0.15) is 5.75 Å². The third kappa shape index (κ3) is 4.03. The van der Waals surface area contributed by atoms with Gasteiger partial charge < -0.3 is 15.8 Å². The normalized spacial score (nSPS) is 17.0. The Kier molecular flexibility index (Phi) is 5.53. The molecule has 1 aliphatic rings. The molecule has 3 N–H and O–H groups in total. The molecule has 0 bridgehead atoms. The van der Waals surface area contributed by atoms with Crippen LogP contribution in [0.25, 0.3) is 0 Å². The molecule has 0 aliphatic carbocycles. The summed E-state index contributed by atoms with van der Waals surface area (Å²) in [6.45, 7) is 1.40. The molecule has 2 aromatic carbocycles. The van der Waals surface area contributed by atoms with Crippen molar-refractivity contribution >= 4 is 17.5 Å². The maximum atomic E-state index is 12.6. The third-order valence-corrected chi connectivity index (χ3v) is 4.66. The van der Waals surface area contributed by atoms with Crippen LogP contribution < -0.4 is 15.8 Å². The van der Waals surface area contributed by atoms with Crippen molar-refractivity contribution in [3.8, 4) is 5.75 Å². The Bertz CT molecular complexity index is 806. The summed E-state index contributed by atoms with van der Waals surface area (Å²) in [6, 6.07) is 14.4. The van der Waals surface area contributed by atoms with Crippen LogP contribution in [-0.2, 0) is 11.3 Å². The quantitative estimate of drug-likeness (QED) is 0.835. The van der Waals surface area contributed by atoms with Gasteiger partial charge in [-0.3, -0.25) is 14.5 Å². The molecule has 6 heteroatoms. The number of primary amides is 1. The molecule has 1 unspecified atom stereocenters. The number of carbonyl (C=O) groups is 2. The smallest absolute Gasteiger partial charge is 0.255 e. The van der Waals surface area contributed by atoms with Gasteiger partial charge in [-0.1, -0.05) is 24.3 Å². The number of anilines is 1. The Hall–Kier alpha value is -2.86. The Morgan fingerprint density at radius 2 is 2.04 bits per heavy atom. The van der Waals surface area contributed by atoms with Gasteiger partial charge in [-0.2, -0.15) is 0 Å². The van der Waals surface area contributed by atoms with Crippen LogP contribution in [0.4, 0.5) is 5.69 Å². The van der Waals surface area contributed by atoms with Crippen molar-refractivity contribution in [3.05, 3.63) is 59.7 Å². The molecule has 0 saturated carbocycles. The number of para-hydroxylation sites is 1. The minimum absolute atomic E-state index is 0.204. The van der Waals surface area contributed by atoms with Gasteiger partial charge in [-0.05, 0) is 49.2 Å². The molecule has 6 nitrogen and oxygen atoms in total. The second-order valence-corrected chi connectivity index (χ2v) is 6.37. The summed E-state index contributed by atoms with van der Waals surface area (Å²) in [5, 5.41) is 2.96. The molecule has 0 radical (unpaired) electrons. The van der Waals surface area contributed by atoms with E-state index in [1.165, 1.54) is 0 Å². The van der Waals surface area contributed by atoms with E-state index >= 15 is 0 Å². The van der Waals surface area contributed by atoms with Crippen molar-refractivity contribution < 1.29 is 14.3 Å². The minimum atomic E-state index is -0.291. The average Bonchev–Trinajstić information content (AvgIpc) is 3.12. The van der Waals surface area contributed by atoms with Crippen LogP contribution in [0.3, 0.4) is 0 Å². The lowest BCUT2D eigenvalue weighted by atomic mass is 10.1. The lowest BCUT2D eigenvalue weighted by Crippen LogP contribution is -2.39.